The highest BCUT2D eigenvalue weighted by molar-refractivity contribution is 7.96. The van der Waals surface area contributed by atoms with Crippen LogP contribution in [0.1, 0.15) is 5.56 Å². The van der Waals surface area contributed by atoms with Crippen LogP contribution in [-0.2, 0) is 4.18 Å². The molecule has 0 saturated heterocycles. The molecule has 1 rings (SSSR count). The quantitative estimate of drug-likeness (QED) is 0.695. The Morgan fingerprint density at radius 2 is 2.17 bits per heavy atom. The van der Waals surface area contributed by atoms with Gasteiger partial charge in [-0.15, -0.1) is 24.5 Å². The van der Waals surface area contributed by atoms with Gasteiger partial charge in [0.05, 0.1) is 4.21 Å². The van der Waals surface area contributed by atoms with Gasteiger partial charge < -0.3 is 0 Å². The third-order valence-electron chi connectivity index (χ3n) is 0.814. The van der Waals surface area contributed by atoms with Crippen LogP contribution < -0.4 is 0 Å². The van der Waals surface area contributed by atoms with Gasteiger partial charge in [0, 0.05) is 12.0 Å². The summed E-state index contributed by atoms with van der Waals surface area (Å²) in [4.78, 5) is 0. The number of halogens is 3. The first-order chi connectivity index (χ1) is 5.47. The van der Waals surface area contributed by atoms with Crippen molar-refractivity contribution in [2.75, 3.05) is 0 Å². The zero-order valence-electron chi connectivity index (χ0n) is 5.59. The number of hydrogen-bond donors (Lipinski definition) is 0. The maximum absolute atomic E-state index is 11.5. The summed E-state index contributed by atoms with van der Waals surface area (Å²) in [6, 6.07) is 1.42. The van der Waals surface area contributed by atoms with Crippen molar-refractivity contribution in [1.29, 1.82) is 0 Å². The van der Waals surface area contributed by atoms with E-state index in [2.05, 4.69) is 4.18 Å². The molecule has 0 spiro atoms. The molecular formula is C6H3F3OS2. The third-order valence-corrected chi connectivity index (χ3v) is 2.60. The summed E-state index contributed by atoms with van der Waals surface area (Å²) in [6.45, 7) is 5.28. The van der Waals surface area contributed by atoms with Crippen molar-refractivity contribution in [3.05, 3.63) is 23.9 Å². The molecule has 0 aliphatic rings. The van der Waals surface area contributed by atoms with Crippen molar-refractivity contribution in [2.24, 2.45) is 0 Å². The molecule has 0 saturated carbocycles. The van der Waals surface area contributed by atoms with E-state index in [9.17, 15) is 13.2 Å². The molecule has 0 N–H and O–H groups in total. The lowest BCUT2D eigenvalue weighted by atomic mass is 10.4. The van der Waals surface area contributed by atoms with Crippen molar-refractivity contribution in [3.8, 4) is 0 Å². The predicted octanol–water partition coefficient (Wildman–Crippen LogP) is 3.35. The molecular weight excluding hydrogens is 209 g/mol. The number of thiophene rings is 1. The lowest BCUT2D eigenvalue weighted by Crippen LogP contribution is -2.07. The second kappa shape index (κ2) is 3.68. The number of hydrogen-bond acceptors (Lipinski definition) is 3. The first kappa shape index (κ1) is 9.88. The van der Waals surface area contributed by atoms with Crippen molar-refractivity contribution >= 4 is 23.4 Å². The van der Waals surface area contributed by atoms with Crippen LogP contribution in [0.2, 0.25) is 0 Å². The summed E-state index contributed by atoms with van der Waals surface area (Å²) in [7, 11) is 0. The lowest BCUT2D eigenvalue weighted by Gasteiger charge is -2.02. The van der Waals surface area contributed by atoms with Gasteiger partial charge in [0.1, 0.15) is 0 Å². The molecule has 0 fully saturated rings. The molecule has 0 aliphatic carbocycles. The van der Waals surface area contributed by atoms with Crippen LogP contribution in [0.5, 0.6) is 0 Å². The summed E-state index contributed by atoms with van der Waals surface area (Å²) >= 11 is 1.36. The zero-order chi connectivity index (χ0) is 9.19. The van der Waals surface area contributed by atoms with Crippen LogP contribution in [0.4, 0.5) is 13.2 Å². The highest BCUT2D eigenvalue weighted by Gasteiger charge is 2.30. The van der Waals surface area contributed by atoms with E-state index >= 15 is 0 Å². The fraction of sp³-hybridized carbons (Fsp3) is 0.167. The van der Waals surface area contributed by atoms with Gasteiger partial charge in [-0.05, 0) is 23.9 Å². The molecule has 0 aliphatic heterocycles. The standard InChI is InChI=1S/C6H3F3OS2/c1-4-2-5(11-3-4)12-10-6(7,8)9/h1-3H. The number of rotatable bonds is 2. The van der Waals surface area contributed by atoms with Gasteiger partial charge in [-0.3, -0.25) is 0 Å². The summed E-state index contributed by atoms with van der Waals surface area (Å²) < 4.78 is 38.3. The minimum Gasteiger partial charge on any atom is -0.214 e. The molecule has 0 aromatic carbocycles. The van der Waals surface area contributed by atoms with Crippen LogP contribution >= 0.6 is 23.4 Å². The van der Waals surface area contributed by atoms with E-state index in [1.165, 1.54) is 6.07 Å². The molecule has 1 heterocycles. The number of alkyl halides is 3. The Bertz CT molecular complexity index is 256. The van der Waals surface area contributed by atoms with Crippen molar-refractivity contribution < 1.29 is 17.4 Å². The van der Waals surface area contributed by atoms with Crippen LogP contribution in [-0.4, -0.2) is 6.36 Å². The summed E-state index contributed by atoms with van der Waals surface area (Å²) in [5.41, 5.74) is 0.438. The van der Waals surface area contributed by atoms with E-state index in [0.29, 0.717) is 9.77 Å². The maximum atomic E-state index is 11.5. The van der Waals surface area contributed by atoms with Crippen LogP contribution in [0, 0.1) is 6.92 Å². The summed E-state index contributed by atoms with van der Waals surface area (Å²) in [5, 5.41) is 1.54. The topological polar surface area (TPSA) is 9.23 Å². The van der Waals surface area contributed by atoms with E-state index in [1.807, 2.05) is 0 Å². The Hall–Kier alpha value is -0.200. The molecule has 0 bridgehead atoms. The Morgan fingerprint density at radius 3 is 2.58 bits per heavy atom. The van der Waals surface area contributed by atoms with Crippen molar-refractivity contribution in [3.63, 3.8) is 0 Å². The summed E-state index contributed by atoms with van der Waals surface area (Å²) in [5.74, 6) is 0. The van der Waals surface area contributed by atoms with Gasteiger partial charge in [0.15, 0.2) is 0 Å². The first-order valence-corrected chi connectivity index (χ1v) is 4.36. The van der Waals surface area contributed by atoms with Crippen LogP contribution in [0.15, 0.2) is 15.7 Å². The van der Waals surface area contributed by atoms with Crippen molar-refractivity contribution in [1.82, 2.24) is 0 Å². The van der Waals surface area contributed by atoms with Crippen LogP contribution in [0.3, 0.4) is 0 Å². The van der Waals surface area contributed by atoms with Gasteiger partial charge >= 0.3 is 6.36 Å². The molecule has 0 atom stereocenters. The average Bonchev–Trinajstić information content (AvgIpc) is 2.30. The van der Waals surface area contributed by atoms with E-state index in [4.69, 9.17) is 6.92 Å². The highest BCUT2D eigenvalue weighted by atomic mass is 32.2. The van der Waals surface area contributed by atoms with E-state index in [-0.39, 0.29) is 12.0 Å². The normalized spacial score (nSPS) is 12.0. The molecule has 1 aromatic heterocycles. The van der Waals surface area contributed by atoms with E-state index in [1.54, 1.807) is 5.38 Å². The first-order valence-electron chi connectivity index (χ1n) is 2.74. The predicted molar refractivity (Wildman–Crippen MR) is 40.7 cm³/mol. The Labute approximate surface area is 75.7 Å². The lowest BCUT2D eigenvalue weighted by molar-refractivity contribution is -0.266. The van der Waals surface area contributed by atoms with Gasteiger partial charge in [-0.25, -0.2) is 4.18 Å². The van der Waals surface area contributed by atoms with Gasteiger partial charge in [-0.2, -0.15) is 0 Å². The Kier molecular flexibility index (Phi) is 3.03. The SMILES string of the molecule is [CH]c1csc(SOC(F)(F)F)c1. The molecule has 66 valence electrons. The minimum atomic E-state index is -4.61. The van der Waals surface area contributed by atoms with E-state index < -0.39 is 6.36 Å². The van der Waals surface area contributed by atoms with Gasteiger partial charge in [0.2, 0.25) is 0 Å². The monoisotopic (exact) mass is 212 g/mol. The second-order valence-corrected chi connectivity index (χ2v) is 3.75. The molecule has 1 aromatic rings. The van der Waals surface area contributed by atoms with Crippen LogP contribution in [0.25, 0.3) is 0 Å². The smallest absolute Gasteiger partial charge is 0.214 e. The fourth-order valence-electron chi connectivity index (χ4n) is 0.462. The highest BCUT2D eigenvalue weighted by Crippen LogP contribution is 2.32. The van der Waals surface area contributed by atoms with Gasteiger partial charge in [-0.1, -0.05) is 0 Å². The minimum absolute atomic E-state index is 0.262. The molecule has 12 heavy (non-hydrogen) atoms. The molecule has 1 nitrogen and oxygen atoms in total. The molecule has 0 unspecified atom stereocenters. The van der Waals surface area contributed by atoms with Crippen molar-refractivity contribution in [2.45, 2.75) is 10.6 Å². The molecule has 2 radical (unpaired) electrons. The second-order valence-electron chi connectivity index (χ2n) is 1.81. The fourth-order valence-corrected chi connectivity index (χ4v) is 1.75. The largest absolute Gasteiger partial charge is 0.534 e. The van der Waals surface area contributed by atoms with E-state index in [0.717, 1.165) is 11.3 Å². The average molecular weight is 212 g/mol. The van der Waals surface area contributed by atoms with Gasteiger partial charge in [0.25, 0.3) is 0 Å². The molecule has 0 amide bonds. The summed E-state index contributed by atoms with van der Waals surface area (Å²) in [6.07, 6.45) is -4.61. The molecule has 6 heteroatoms. The maximum Gasteiger partial charge on any atom is 0.534 e. The zero-order valence-corrected chi connectivity index (χ0v) is 7.22. The Balaban J connectivity index is 2.44. The Morgan fingerprint density at radius 1 is 1.50 bits per heavy atom. The third kappa shape index (κ3) is 3.46.